The SMILES string of the molecule is CS(=O)(=O)N(Cc1ccccc1)c1ccc(C(=O)Cn2ccnc2)cc1. The first kappa shape index (κ1) is 17.9. The molecule has 2 aromatic carbocycles. The van der Waals surface area contributed by atoms with Crippen LogP contribution in [0.3, 0.4) is 0 Å². The minimum Gasteiger partial charge on any atom is -0.330 e. The summed E-state index contributed by atoms with van der Waals surface area (Å²) in [6.07, 6.45) is 6.09. The second-order valence-electron chi connectivity index (χ2n) is 5.96. The first-order valence-corrected chi connectivity index (χ1v) is 9.89. The molecule has 134 valence electrons. The van der Waals surface area contributed by atoms with Gasteiger partial charge in [-0.1, -0.05) is 30.3 Å². The van der Waals surface area contributed by atoms with Gasteiger partial charge in [0, 0.05) is 18.0 Å². The van der Waals surface area contributed by atoms with Gasteiger partial charge in [-0.3, -0.25) is 9.10 Å². The number of hydrogen-bond acceptors (Lipinski definition) is 4. The fraction of sp³-hybridized carbons (Fsp3) is 0.158. The number of rotatable bonds is 7. The number of sulfonamides is 1. The first-order valence-electron chi connectivity index (χ1n) is 8.04. The lowest BCUT2D eigenvalue weighted by Crippen LogP contribution is -2.29. The van der Waals surface area contributed by atoms with E-state index in [0.717, 1.165) is 5.56 Å². The minimum atomic E-state index is -3.45. The zero-order chi connectivity index (χ0) is 18.6. The summed E-state index contributed by atoms with van der Waals surface area (Å²) in [5.41, 5.74) is 1.93. The molecule has 1 aromatic heterocycles. The van der Waals surface area contributed by atoms with E-state index in [0.29, 0.717) is 11.3 Å². The monoisotopic (exact) mass is 369 g/mol. The Labute approximate surface area is 152 Å². The molecule has 0 atom stereocenters. The molecule has 0 bridgehead atoms. The van der Waals surface area contributed by atoms with E-state index in [-0.39, 0.29) is 18.9 Å². The van der Waals surface area contributed by atoms with Crippen LogP contribution in [0.1, 0.15) is 15.9 Å². The van der Waals surface area contributed by atoms with Crippen LogP contribution in [-0.2, 0) is 23.1 Å². The molecule has 0 fully saturated rings. The number of carbonyl (C=O) groups is 1. The molecule has 7 heteroatoms. The highest BCUT2D eigenvalue weighted by Crippen LogP contribution is 2.21. The van der Waals surface area contributed by atoms with Crippen molar-refractivity contribution < 1.29 is 13.2 Å². The van der Waals surface area contributed by atoms with Gasteiger partial charge >= 0.3 is 0 Å². The quantitative estimate of drug-likeness (QED) is 0.600. The van der Waals surface area contributed by atoms with Gasteiger partial charge < -0.3 is 4.57 Å². The van der Waals surface area contributed by atoms with Crippen LogP contribution in [0.25, 0.3) is 0 Å². The molecule has 0 aliphatic heterocycles. The number of anilines is 1. The molecule has 3 rings (SSSR count). The van der Waals surface area contributed by atoms with Crippen LogP contribution in [0.2, 0.25) is 0 Å². The van der Waals surface area contributed by atoms with Crippen molar-refractivity contribution >= 4 is 21.5 Å². The highest BCUT2D eigenvalue weighted by atomic mass is 32.2. The topological polar surface area (TPSA) is 72.3 Å². The van der Waals surface area contributed by atoms with E-state index < -0.39 is 10.0 Å². The minimum absolute atomic E-state index is 0.0662. The summed E-state index contributed by atoms with van der Waals surface area (Å²) >= 11 is 0. The molecule has 0 radical (unpaired) electrons. The molecule has 0 aliphatic carbocycles. The number of hydrogen-bond donors (Lipinski definition) is 0. The summed E-state index contributed by atoms with van der Waals surface area (Å²) < 4.78 is 27.4. The number of imidazole rings is 1. The van der Waals surface area contributed by atoms with Crippen LogP contribution in [0.4, 0.5) is 5.69 Å². The van der Waals surface area contributed by atoms with Gasteiger partial charge in [-0.05, 0) is 29.8 Å². The third-order valence-electron chi connectivity index (χ3n) is 3.93. The van der Waals surface area contributed by atoms with Crippen molar-refractivity contribution in [2.75, 3.05) is 10.6 Å². The van der Waals surface area contributed by atoms with E-state index in [9.17, 15) is 13.2 Å². The smallest absolute Gasteiger partial charge is 0.232 e. The van der Waals surface area contributed by atoms with Crippen LogP contribution >= 0.6 is 0 Å². The predicted molar refractivity (Wildman–Crippen MR) is 100 cm³/mol. The second-order valence-corrected chi connectivity index (χ2v) is 7.87. The maximum Gasteiger partial charge on any atom is 0.232 e. The molecule has 3 aromatic rings. The molecule has 1 heterocycles. The molecular weight excluding hydrogens is 350 g/mol. The molecule has 6 nitrogen and oxygen atoms in total. The van der Waals surface area contributed by atoms with E-state index >= 15 is 0 Å². The van der Waals surface area contributed by atoms with E-state index in [4.69, 9.17) is 0 Å². The van der Waals surface area contributed by atoms with Crippen LogP contribution < -0.4 is 4.31 Å². The van der Waals surface area contributed by atoms with Gasteiger partial charge in [0.2, 0.25) is 10.0 Å². The van der Waals surface area contributed by atoms with Crippen LogP contribution in [0.15, 0.2) is 73.3 Å². The molecule has 0 saturated heterocycles. The first-order chi connectivity index (χ1) is 12.4. The summed E-state index contributed by atoms with van der Waals surface area (Å²) in [7, 11) is -3.45. The van der Waals surface area contributed by atoms with Gasteiger partial charge in [0.05, 0.1) is 31.4 Å². The number of nitrogens with zero attached hydrogens (tertiary/aromatic N) is 3. The fourth-order valence-electron chi connectivity index (χ4n) is 2.60. The van der Waals surface area contributed by atoms with Gasteiger partial charge in [0.1, 0.15) is 0 Å². The summed E-state index contributed by atoms with van der Waals surface area (Å²) in [5.74, 6) is -0.0662. The number of carbonyl (C=O) groups excluding carboxylic acids is 1. The Morgan fingerprint density at radius 2 is 1.77 bits per heavy atom. The average molecular weight is 369 g/mol. The molecule has 0 amide bonds. The van der Waals surface area contributed by atoms with Crippen LogP contribution in [0, 0.1) is 0 Å². The third-order valence-corrected chi connectivity index (χ3v) is 5.07. The zero-order valence-electron chi connectivity index (χ0n) is 14.3. The number of Topliss-reactive ketones (excluding diaryl/α,β-unsaturated/α-hetero) is 1. The fourth-order valence-corrected chi connectivity index (χ4v) is 3.49. The van der Waals surface area contributed by atoms with Crippen LogP contribution in [0.5, 0.6) is 0 Å². The molecule has 0 aliphatic rings. The lowest BCUT2D eigenvalue weighted by molar-refractivity contribution is 0.0972. The summed E-state index contributed by atoms with van der Waals surface area (Å²) in [4.78, 5) is 16.2. The van der Waals surface area contributed by atoms with Crippen molar-refractivity contribution in [2.24, 2.45) is 0 Å². The average Bonchev–Trinajstić information content (AvgIpc) is 3.13. The molecular formula is C19H19N3O3S. The highest BCUT2D eigenvalue weighted by Gasteiger charge is 2.18. The third kappa shape index (κ3) is 4.37. The van der Waals surface area contributed by atoms with Crippen molar-refractivity contribution in [1.82, 2.24) is 9.55 Å². The highest BCUT2D eigenvalue weighted by molar-refractivity contribution is 7.92. The van der Waals surface area contributed by atoms with Crippen molar-refractivity contribution in [3.05, 3.63) is 84.4 Å². The zero-order valence-corrected chi connectivity index (χ0v) is 15.1. The Morgan fingerprint density at radius 3 is 2.35 bits per heavy atom. The Kier molecular flexibility index (Phi) is 5.18. The molecule has 0 spiro atoms. The van der Waals surface area contributed by atoms with Crippen molar-refractivity contribution in [3.8, 4) is 0 Å². The Balaban J connectivity index is 1.81. The van der Waals surface area contributed by atoms with Gasteiger partial charge in [0.15, 0.2) is 5.78 Å². The van der Waals surface area contributed by atoms with E-state index in [1.54, 1.807) is 47.6 Å². The number of ketones is 1. The lowest BCUT2D eigenvalue weighted by atomic mass is 10.1. The van der Waals surface area contributed by atoms with Crippen LogP contribution in [-0.4, -0.2) is 30.0 Å². The van der Waals surface area contributed by atoms with Gasteiger partial charge in [-0.15, -0.1) is 0 Å². The second kappa shape index (κ2) is 7.53. The summed E-state index contributed by atoms with van der Waals surface area (Å²) in [6, 6.07) is 16.0. The van der Waals surface area contributed by atoms with Crippen molar-refractivity contribution in [3.63, 3.8) is 0 Å². The maximum atomic E-state index is 12.3. The maximum absolute atomic E-state index is 12.3. The standard InChI is InChI=1S/C19H19N3O3S/c1-26(24,25)22(13-16-5-3-2-4-6-16)18-9-7-17(8-10-18)19(23)14-21-12-11-20-15-21/h2-12,15H,13-14H2,1H3. The van der Waals surface area contributed by atoms with Gasteiger partial charge in [-0.2, -0.15) is 0 Å². The normalized spacial score (nSPS) is 11.3. The van der Waals surface area contributed by atoms with Crippen molar-refractivity contribution in [1.29, 1.82) is 0 Å². The molecule has 0 saturated carbocycles. The Hall–Kier alpha value is -2.93. The number of aromatic nitrogens is 2. The van der Waals surface area contributed by atoms with E-state index in [1.807, 2.05) is 30.3 Å². The largest absolute Gasteiger partial charge is 0.330 e. The molecule has 0 N–H and O–H groups in total. The summed E-state index contributed by atoms with van der Waals surface area (Å²) in [5, 5.41) is 0. The van der Waals surface area contributed by atoms with E-state index in [1.165, 1.54) is 10.6 Å². The molecule has 0 unspecified atom stereocenters. The molecule has 26 heavy (non-hydrogen) atoms. The van der Waals surface area contributed by atoms with Crippen molar-refractivity contribution in [2.45, 2.75) is 13.1 Å². The van der Waals surface area contributed by atoms with E-state index in [2.05, 4.69) is 4.98 Å². The predicted octanol–water partition coefficient (Wildman–Crippen LogP) is 2.73. The van der Waals surface area contributed by atoms with Gasteiger partial charge in [-0.25, -0.2) is 13.4 Å². The summed E-state index contributed by atoms with van der Waals surface area (Å²) in [6.45, 7) is 0.432. The van der Waals surface area contributed by atoms with Gasteiger partial charge in [0.25, 0.3) is 0 Å². The lowest BCUT2D eigenvalue weighted by Gasteiger charge is -2.22. The Bertz CT molecular complexity index is 967. The Morgan fingerprint density at radius 1 is 1.08 bits per heavy atom. The number of benzene rings is 2.